The third-order valence-corrected chi connectivity index (χ3v) is 6.88. The van der Waals surface area contributed by atoms with Crippen LogP contribution in [-0.2, 0) is 19.3 Å². The molecule has 1 aliphatic rings. The van der Waals surface area contributed by atoms with Crippen molar-refractivity contribution in [1.29, 1.82) is 0 Å². The number of alkyl halides is 3. The summed E-state index contributed by atoms with van der Waals surface area (Å²) >= 11 is 5.88. The minimum atomic E-state index is -4.92. The Morgan fingerprint density at radius 1 is 0.865 bits per heavy atom. The van der Waals surface area contributed by atoms with Crippen molar-refractivity contribution in [2.75, 3.05) is 26.2 Å². The Bertz CT molecular complexity index is 1460. The lowest BCUT2D eigenvalue weighted by molar-refractivity contribution is -0.152. The van der Waals surface area contributed by atoms with Crippen molar-refractivity contribution >= 4 is 22.6 Å². The number of rotatable bonds is 5. The molecule has 0 atom stereocenters. The molecule has 1 N–H and O–H groups in total. The van der Waals surface area contributed by atoms with Gasteiger partial charge in [-0.3, -0.25) is 14.6 Å². The van der Waals surface area contributed by atoms with Crippen LogP contribution < -0.4 is 5.43 Å². The van der Waals surface area contributed by atoms with Crippen molar-refractivity contribution < 1.29 is 22.7 Å². The van der Waals surface area contributed by atoms with Gasteiger partial charge in [-0.2, -0.15) is 13.2 Å². The zero-order chi connectivity index (χ0) is 26.2. The fourth-order valence-corrected chi connectivity index (χ4v) is 4.83. The molecule has 0 aliphatic carbocycles. The molecule has 4 aromatic rings. The summed E-state index contributed by atoms with van der Waals surface area (Å²) < 4.78 is 47.7. The van der Waals surface area contributed by atoms with Crippen LogP contribution >= 0.6 is 11.6 Å². The van der Waals surface area contributed by atoms with Gasteiger partial charge in [-0.1, -0.05) is 54.1 Å². The van der Waals surface area contributed by atoms with Crippen LogP contribution in [0.25, 0.3) is 22.1 Å². The molecule has 1 fully saturated rings. The summed E-state index contributed by atoms with van der Waals surface area (Å²) in [6.07, 6.45) is -4.92. The first-order valence-electron chi connectivity index (χ1n) is 11.8. The topological polar surface area (TPSA) is 56.9 Å². The van der Waals surface area contributed by atoms with Gasteiger partial charge >= 0.3 is 6.18 Å². The molecule has 0 radical (unpaired) electrons. The molecular weight excluding hydrogens is 505 g/mol. The lowest BCUT2D eigenvalue weighted by Gasteiger charge is -2.34. The summed E-state index contributed by atoms with van der Waals surface area (Å²) in [7, 11) is 0. The van der Waals surface area contributed by atoms with E-state index in [0.29, 0.717) is 18.1 Å². The van der Waals surface area contributed by atoms with Crippen LogP contribution in [0.1, 0.15) is 16.9 Å². The number of benzene rings is 3. The molecule has 0 amide bonds. The summed E-state index contributed by atoms with van der Waals surface area (Å²) in [5.74, 6) is -1.61. The first-order chi connectivity index (χ1) is 17.7. The van der Waals surface area contributed by atoms with Crippen molar-refractivity contribution in [3.05, 3.63) is 98.9 Å². The van der Waals surface area contributed by atoms with Crippen LogP contribution in [0, 0.1) is 0 Å². The minimum absolute atomic E-state index is 0.0199. The van der Waals surface area contributed by atoms with E-state index < -0.39 is 22.9 Å². The third kappa shape index (κ3) is 5.37. The number of fused-ring (bicyclic) bond motifs is 1. The van der Waals surface area contributed by atoms with Gasteiger partial charge in [0.25, 0.3) is 0 Å². The summed E-state index contributed by atoms with van der Waals surface area (Å²) in [5.41, 5.74) is -0.217. The summed E-state index contributed by atoms with van der Waals surface area (Å²) in [4.78, 5) is 17.7. The van der Waals surface area contributed by atoms with Gasteiger partial charge in [0.15, 0.2) is 0 Å². The molecule has 3 aromatic carbocycles. The molecule has 0 unspecified atom stereocenters. The van der Waals surface area contributed by atoms with Crippen LogP contribution in [0.4, 0.5) is 13.2 Å². The van der Waals surface area contributed by atoms with Crippen molar-refractivity contribution in [3.8, 4) is 16.9 Å². The summed E-state index contributed by atoms with van der Waals surface area (Å²) in [6, 6.07) is 18.3. The highest BCUT2D eigenvalue weighted by molar-refractivity contribution is 6.30. The predicted octanol–water partition coefficient (Wildman–Crippen LogP) is 6.16. The quantitative estimate of drug-likeness (QED) is 0.336. The van der Waals surface area contributed by atoms with E-state index in [2.05, 4.69) is 17.0 Å². The fraction of sp³-hybridized carbons (Fsp3) is 0.250. The number of piperazine rings is 1. The Hall–Kier alpha value is -3.33. The van der Waals surface area contributed by atoms with Gasteiger partial charge < -0.3 is 9.52 Å². The van der Waals surface area contributed by atoms with Crippen LogP contribution in [0.3, 0.4) is 0 Å². The third-order valence-electron chi connectivity index (χ3n) is 6.62. The number of phenols is 1. The Morgan fingerprint density at radius 3 is 2.11 bits per heavy atom. The van der Waals surface area contributed by atoms with Gasteiger partial charge in [-0.05, 0) is 35.4 Å². The summed E-state index contributed by atoms with van der Waals surface area (Å²) in [5, 5.41) is 10.9. The smallest absolute Gasteiger partial charge is 0.450 e. The number of aromatic hydroxyl groups is 1. The fourth-order valence-electron chi connectivity index (χ4n) is 4.71. The first-order valence-corrected chi connectivity index (χ1v) is 12.2. The Labute approximate surface area is 216 Å². The van der Waals surface area contributed by atoms with Crippen molar-refractivity contribution in [2.24, 2.45) is 0 Å². The van der Waals surface area contributed by atoms with Gasteiger partial charge in [0.2, 0.25) is 11.2 Å². The highest BCUT2D eigenvalue weighted by atomic mass is 35.5. The molecule has 9 heteroatoms. The zero-order valence-corrected chi connectivity index (χ0v) is 20.5. The second-order valence-corrected chi connectivity index (χ2v) is 9.55. The normalized spacial score (nSPS) is 15.4. The van der Waals surface area contributed by atoms with Crippen molar-refractivity contribution in [2.45, 2.75) is 19.3 Å². The zero-order valence-electron chi connectivity index (χ0n) is 19.8. The van der Waals surface area contributed by atoms with E-state index in [0.717, 1.165) is 19.6 Å². The van der Waals surface area contributed by atoms with Crippen LogP contribution in [0.15, 0.2) is 75.9 Å². The molecule has 1 saturated heterocycles. The molecule has 5 nitrogen and oxygen atoms in total. The van der Waals surface area contributed by atoms with Gasteiger partial charge in [0.05, 0.1) is 16.5 Å². The minimum Gasteiger partial charge on any atom is -0.507 e. The standard InChI is InChI=1S/C28H24ClF3N2O3/c29-20-8-6-19(7-9-20)24-25(36)21-10-11-23(35)22(26(21)37-27(24)28(30,31)32)17-34-14-12-33(13-15-34)16-18-4-2-1-3-5-18/h1-11,35H,12-17H2. The maximum atomic E-state index is 14.1. The van der Waals surface area contributed by atoms with E-state index in [1.54, 1.807) is 0 Å². The SMILES string of the molecule is O=c1c(-c2ccc(Cl)cc2)c(C(F)(F)F)oc2c(CN3CCN(Cc4ccccc4)CC3)c(O)ccc12. The Kier molecular flexibility index (Phi) is 6.98. The molecule has 5 rings (SSSR count). The second-order valence-electron chi connectivity index (χ2n) is 9.12. The average molecular weight is 529 g/mol. The molecule has 37 heavy (non-hydrogen) atoms. The number of phenolic OH excluding ortho intramolecular Hbond substituents is 1. The monoisotopic (exact) mass is 528 g/mol. The highest BCUT2D eigenvalue weighted by Gasteiger charge is 2.40. The molecule has 2 heterocycles. The summed E-state index contributed by atoms with van der Waals surface area (Å²) in [6.45, 7) is 3.80. The second kappa shape index (κ2) is 10.2. The first kappa shape index (κ1) is 25.3. The van der Waals surface area contributed by atoms with Crippen molar-refractivity contribution in [3.63, 3.8) is 0 Å². The number of hydrogen-bond donors (Lipinski definition) is 1. The molecule has 0 saturated carbocycles. The van der Waals surface area contributed by atoms with Crippen LogP contribution in [-0.4, -0.2) is 41.1 Å². The van der Waals surface area contributed by atoms with Gasteiger partial charge in [0, 0.05) is 44.3 Å². The predicted molar refractivity (Wildman–Crippen MR) is 137 cm³/mol. The Morgan fingerprint density at radius 2 is 1.49 bits per heavy atom. The van der Waals surface area contributed by atoms with Gasteiger partial charge in [-0.25, -0.2) is 0 Å². The lowest BCUT2D eigenvalue weighted by Crippen LogP contribution is -2.45. The van der Waals surface area contributed by atoms with Crippen LogP contribution in [0.5, 0.6) is 5.75 Å². The number of hydrogen-bond acceptors (Lipinski definition) is 5. The van der Waals surface area contributed by atoms with Crippen LogP contribution in [0.2, 0.25) is 5.02 Å². The van der Waals surface area contributed by atoms with Crippen molar-refractivity contribution in [1.82, 2.24) is 9.80 Å². The molecule has 0 bridgehead atoms. The van der Waals surface area contributed by atoms with Gasteiger partial charge in [-0.15, -0.1) is 0 Å². The van der Waals surface area contributed by atoms with E-state index in [-0.39, 0.29) is 34.4 Å². The molecule has 1 aliphatic heterocycles. The van der Waals surface area contributed by atoms with E-state index in [4.69, 9.17) is 16.0 Å². The maximum Gasteiger partial charge on any atom is 0.450 e. The van der Waals surface area contributed by atoms with E-state index in [9.17, 15) is 23.1 Å². The largest absolute Gasteiger partial charge is 0.507 e. The molecular formula is C28H24ClF3N2O3. The molecule has 192 valence electrons. The average Bonchev–Trinajstić information content (AvgIpc) is 2.87. The number of nitrogens with zero attached hydrogens (tertiary/aromatic N) is 2. The van der Waals surface area contributed by atoms with Gasteiger partial charge in [0.1, 0.15) is 11.3 Å². The lowest BCUT2D eigenvalue weighted by atomic mass is 10.00. The molecule has 0 spiro atoms. The Balaban J connectivity index is 1.47. The van der Waals surface area contributed by atoms with E-state index in [1.807, 2.05) is 23.1 Å². The molecule has 1 aromatic heterocycles. The van der Waals surface area contributed by atoms with E-state index >= 15 is 0 Å². The highest BCUT2D eigenvalue weighted by Crippen LogP contribution is 2.39. The number of halogens is 4. The van der Waals surface area contributed by atoms with E-state index in [1.165, 1.54) is 42.0 Å². The maximum absolute atomic E-state index is 14.1.